The first-order chi connectivity index (χ1) is 10.9. The molecule has 0 saturated carbocycles. The smallest absolute Gasteiger partial charge is 0.142 e. The summed E-state index contributed by atoms with van der Waals surface area (Å²) in [5.41, 5.74) is 5.67. The van der Waals surface area contributed by atoms with Gasteiger partial charge in [0.2, 0.25) is 0 Å². The zero-order valence-electron chi connectivity index (χ0n) is 15.2. The Morgan fingerprint density at radius 3 is 2.30 bits per heavy atom. The van der Waals surface area contributed by atoms with Crippen LogP contribution in [0, 0.1) is 5.41 Å². The third-order valence-corrected chi connectivity index (χ3v) is 4.32. The lowest BCUT2D eigenvalue weighted by atomic mass is 9.72. The van der Waals surface area contributed by atoms with Crippen LogP contribution in [0.3, 0.4) is 0 Å². The van der Waals surface area contributed by atoms with Crippen molar-refractivity contribution in [2.45, 2.75) is 53.9 Å². The van der Waals surface area contributed by atoms with Crippen molar-refractivity contribution in [1.82, 2.24) is 0 Å². The van der Waals surface area contributed by atoms with E-state index >= 15 is 0 Å². The molecule has 0 unspecified atom stereocenters. The van der Waals surface area contributed by atoms with Crippen molar-refractivity contribution in [1.29, 1.82) is 0 Å². The Hall–Kier alpha value is -1.89. The minimum Gasteiger partial charge on any atom is -0.299 e. The molecule has 0 bridgehead atoms. The molecule has 1 aliphatic rings. The van der Waals surface area contributed by atoms with Crippen molar-refractivity contribution >= 4 is 6.29 Å². The third-order valence-electron chi connectivity index (χ3n) is 4.32. The van der Waals surface area contributed by atoms with Gasteiger partial charge in [-0.05, 0) is 57.1 Å². The van der Waals surface area contributed by atoms with Gasteiger partial charge in [0, 0.05) is 0 Å². The first kappa shape index (κ1) is 19.2. The molecular weight excluding hydrogens is 280 g/mol. The van der Waals surface area contributed by atoms with E-state index in [-0.39, 0.29) is 0 Å². The van der Waals surface area contributed by atoms with E-state index in [1.165, 1.54) is 42.1 Å². The number of hydrogen-bond acceptors (Lipinski definition) is 1. The Morgan fingerprint density at radius 1 is 1.00 bits per heavy atom. The van der Waals surface area contributed by atoms with E-state index in [4.69, 9.17) is 0 Å². The third kappa shape index (κ3) is 6.81. The molecule has 1 heteroatoms. The number of aldehydes is 1. The lowest BCUT2D eigenvalue weighted by Gasteiger charge is -2.32. The molecule has 0 N–H and O–H groups in total. The summed E-state index contributed by atoms with van der Waals surface area (Å²) in [5, 5.41) is 0. The number of rotatable bonds is 6. The second-order valence-electron chi connectivity index (χ2n) is 6.97. The standard InChI is InChI=1S/C22H30O/c1-18(10-6-7-17-23)11-8-12-19(2)14-15-21-20(3)13-9-16-22(21,4)5/h6-8,10-12,14-15,17H,9,13,16H2,1-5H3. The van der Waals surface area contributed by atoms with E-state index in [0.717, 1.165) is 11.9 Å². The summed E-state index contributed by atoms with van der Waals surface area (Å²) in [4.78, 5) is 10.2. The summed E-state index contributed by atoms with van der Waals surface area (Å²) in [6.45, 7) is 11.1. The van der Waals surface area contributed by atoms with E-state index in [2.05, 4.69) is 45.9 Å². The minimum absolute atomic E-state index is 0.291. The summed E-state index contributed by atoms with van der Waals surface area (Å²) in [6.07, 6.45) is 20.5. The number of carbonyl (C=O) groups excluding carboxylic acids is 1. The molecule has 1 rings (SSSR count). The van der Waals surface area contributed by atoms with Gasteiger partial charge >= 0.3 is 0 Å². The van der Waals surface area contributed by atoms with Crippen LogP contribution in [0.25, 0.3) is 0 Å². The number of allylic oxidation sites excluding steroid dienone is 12. The first-order valence-corrected chi connectivity index (χ1v) is 8.39. The van der Waals surface area contributed by atoms with Gasteiger partial charge in [0.05, 0.1) is 0 Å². The van der Waals surface area contributed by atoms with E-state index in [0.29, 0.717) is 5.41 Å². The fourth-order valence-electron chi connectivity index (χ4n) is 2.94. The normalized spacial score (nSPS) is 20.2. The van der Waals surface area contributed by atoms with Gasteiger partial charge in [-0.3, -0.25) is 4.79 Å². The summed E-state index contributed by atoms with van der Waals surface area (Å²) in [7, 11) is 0. The van der Waals surface area contributed by atoms with Gasteiger partial charge in [-0.2, -0.15) is 0 Å². The van der Waals surface area contributed by atoms with Crippen LogP contribution in [0.5, 0.6) is 0 Å². The van der Waals surface area contributed by atoms with Gasteiger partial charge in [-0.1, -0.05) is 73.1 Å². The largest absolute Gasteiger partial charge is 0.299 e. The second kappa shape index (κ2) is 9.29. The highest BCUT2D eigenvalue weighted by atomic mass is 16.1. The molecule has 0 heterocycles. The average molecular weight is 310 g/mol. The lowest BCUT2D eigenvalue weighted by Crippen LogP contribution is -2.19. The highest BCUT2D eigenvalue weighted by Gasteiger charge is 2.26. The maximum absolute atomic E-state index is 10.2. The molecule has 1 aliphatic carbocycles. The molecule has 0 radical (unpaired) electrons. The fourth-order valence-corrected chi connectivity index (χ4v) is 2.94. The predicted octanol–water partition coefficient (Wildman–Crippen LogP) is 6.27. The summed E-state index contributed by atoms with van der Waals surface area (Å²) in [6, 6.07) is 0. The topological polar surface area (TPSA) is 17.1 Å². The Bertz CT molecular complexity index is 589. The quantitative estimate of drug-likeness (QED) is 0.321. The zero-order valence-corrected chi connectivity index (χ0v) is 15.2. The molecule has 124 valence electrons. The van der Waals surface area contributed by atoms with Gasteiger partial charge in [-0.25, -0.2) is 0 Å². The Kier molecular flexibility index (Phi) is 7.74. The first-order valence-electron chi connectivity index (χ1n) is 8.39. The van der Waals surface area contributed by atoms with Crippen molar-refractivity contribution < 1.29 is 4.79 Å². The van der Waals surface area contributed by atoms with E-state index in [1.54, 1.807) is 6.08 Å². The molecule has 0 amide bonds. The molecule has 23 heavy (non-hydrogen) atoms. The minimum atomic E-state index is 0.291. The molecule has 0 aliphatic heterocycles. The number of carbonyl (C=O) groups is 1. The van der Waals surface area contributed by atoms with Crippen LogP contribution in [0.4, 0.5) is 0 Å². The zero-order chi connectivity index (χ0) is 17.3. The summed E-state index contributed by atoms with van der Waals surface area (Å²) < 4.78 is 0. The van der Waals surface area contributed by atoms with Crippen LogP contribution < -0.4 is 0 Å². The van der Waals surface area contributed by atoms with Crippen LogP contribution in [-0.2, 0) is 4.79 Å². The Balaban J connectivity index is 2.75. The van der Waals surface area contributed by atoms with Gasteiger partial charge in [0.25, 0.3) is 0 Å². The molecule has 0 fully saturated rings. The predicted molar refractivity (Wildman–Crippen MR) is 101 cm³/mol. The van der Waals surface area contributed by atoms with Crippen LogP contribution >= 0.6 is 0 Å². The molecule has 1 nitrogen and oxygen atoms in total. The molecule has 0 aromatic carbocycles. The van der Waals surface area contributed by atoms with Crippen molar-refractivity contribution in [2.75, 3.05) is 0 Å². The van der Waals surface area contributed by atoms with Crippen LogP contribution in [-0.4, -0.2) is 6.29 Å². The molecule has 0 saturated heterocycles. The van der Waals surface area contributed by atoms with Gasteiger partial charge in [0.1, 0.15) is 6.29 Å². The summed E-state index contributed by atoms with van der Waals surface area (Å²) in [5.74, 6) is 0. The van der Waals surface area contributed by atoms with Crippen molar-refractivity contribution in [3.63, 3.8) is 0 Å². The highest BCUT2D eigenvalue weighted by Crippen LogP contribution is 2.40. The van der Waals surface area contributed by atoms with Gasteiger partial charge < -0.3 is 0 Å². The Labute approximate surface area is 141 Å². The molecule has 0 spiro atoms. The van der Waals surface area contributed by atoms with Crippen molar-refractivity contribution in [3.8, 4) is 0 Å². The van der Waals surface area contributed by atoms with Gasteiger partial charge in [0.15, 0.2) is 0 Å². The van der Waals surface area contributed by atoms with Gasteiger partial charge in [-0.15, -0.1) is 0 Å². The lowest BCUT2D eigenvalue weighted by molar-refractivity contribution is -0.104. The SMILES string of the molecule is CC(C=CC=C(C)C=CC1=C(C)CCCC1(C)C)=CC=CC=O. The monoisotopic (exact) mass is 310 g/mol. The summed E-state index contributed by atoms with van der Waals surface area (Å²) >= 11 is 0. The van der Waals surface area contributed by atoms with Crippen LogP contribution in [0.15, 0.2) is 70.9 Å². The Morgan fingerprint density at radius 2 is 1.65 bits per heavy atom. The molecule has 0 atom stereocenters. The maximum atomic E-state index is 10.2. The van der Waals surface area contributed by atoms with Crippen LogP contribution in [0.1, 0.15) is 53.9 Å². The van der Waals surface area contributed by atoms with Crippen molar-refractivity contribution in [2.24, 2.45) is 5.41 Å². The molecule has 0 aromatic rings. The highest BCUT2D eigenvalue weighted by molar-refractivity contribution is 5.65. The fraction of sp³-hybridized carbons (Fsp3) is 0.409. The number of hydrogen-bond donors (Lipinski definition) is 0. The second-order valence-corrected chi connectivity index (χ2v) is 6.97. The van der Waals surface area contributed by atoms with Crippen molar-refractivity contribution in [3.05, 3.63) is 70.9 Å². The molecular formula is C22H30O. The van der Waals surface area contributed by atoms with E-state index < -0.39 is 0 Å². The van der Waals surface area contributed by atoms with E-state index in [1.807, 2.05) is 25.2 Å². The van der Waals surface area contributed by atoms with E-state index in [9.17, 15) is 4.79 Å². The average Bonchev–Trinajstić information content (AvgIpc) is 2.46. The van der Waals surface area contributed by atoms with Crippen LogP contribution in [0.2, 0.25) is 0 Å². The maximum Gasteiger partial charge on any atom is 0.142 e. The molecule has 0 aromatic heterocycles.